The average Bonchev–Trinajstić information content (AvgIpc) is 2.93. The van der Waals surface area contributed by atoms with Crippen molar-refractivity contribution in [3.8, 4) is 5.69 Å². The minimum atomic E-state index is 0.618. The van der Waals surface area contributed by atoms with Crippen molar-refractivity contribution < 1.29 is 4.74 Å². The molecule has 6 nitrogen and oxygen atoms in total. The van der Waals surface area contributed by atoms with E-state index in [9.17, 15) is 0 Å². The Morgan fingerprint density at radius 3 is 2.75 bits per heavy atom. The van der Waals surface area contributed by atoms with Crippen LogP contribution in [0.15, 0.2) is 24.3 Å². The van der Waals surface area contributed by atoms with E-state index in [0.29, 0.717) is 13.2 Å². The van der Waals surface area contributed by atoms with E-state index in [1.165, 1.54) is 5.56 Å². The molecule has 108 valence electrons. The summed E-state index contributed by atoms with van der Waals surface area (Å²) < 4.78 is 6.75. The first-order valence-corrected chi connectivity index (χ1v) is 6.91. The van der Waals surface area contributed by atoms with E-state index in [2.05, 4.69) is 52.0 Å². The second-order valence-electron chi connectivity index (χ2n) is 4.59. The molecule has 0 saturated heterocycles. The van der Waals surface area contributed by atoms with Gasteiger partial charge < -0.3 is 10.1 Å². The van der Waals surface area contributed by atoms with Gasteiger partial charge in [-0.15, -0.1) is 5.10 Å². The van der Waals surface area contributed by atoms with E-state index in [1.807, 2.05) is 0 Å². The van der Waals surface area contributed by atoms with Crippen LogP contribution in [0.5, 0.6) is 0 Å². The molecule has 6 heteroatoms. The fourth-order valence-corrected chi connectivity index (χ4v) is 1.98. The van der Waals surface area contributed by atoms with Crippen LogP contribution in [0.1, 0.15) is 24.7 Å². The number of nitrogens with one attached hydrogen (secondary N) is 1. The second kappa shape index (κ2) is 7.72. The van der Waals surface area contributed by atoms with Gasteiger partial charge in [0.25, 0.3) is 0 Å². The van der Waals surface area contributed by atoms with E-state index >= 15 is 0 Å². The molecule has 2 rings (SSSR count). The fraction of sp³-hybridized carbons (Fsp3) is 0.500. The summed E-state index contributed by atoms with van der Waals surface area (Å²) in [5.41, 5.74) is 2.32. The SMILES string of the molecule is CCCc1ccc(-n2nnnc2CNCCOC)cc1. The van der Waals surface area contributed by atoms with Crippen LogP contribution in [0.4, 0.5) is 0 Å². The Morgan fingerprint density at radius 2 is 2.05 bits per heavy atom. The molecule has 0 spiro atoms. The van der Waals surface area contributed by atoms with Gasteiger partial charge in [0.15, 0.2) is 5.82 Å². The van der Waals surface area contributed by atoms with Crippen molar-refractivity contribution >= 4 is 0 Å². The number of tetrazole rings is 1. The first-order valence-electron chi connectivity index (χ1n) is 6.91. The fourth-order valence-electron chi connectivity index (χ4n) is 1.98. The van der Waals surface area contributed by atoms with Crippen LogP contribution < -0.4 is 5.32 Å². The highest BCUT2D eigenvalue weighted by molar-refractivity contribution is 5.34. The van der Waals surface area contributed by atoms with Crippen molar-refractivity contribution in [2.45, 2.75) is 26.3 Å². The van der Waals surface area contributed by atoms with Gasteiger partial charge in [0, 0.05) is 13.7 Å². The predicted octanol–water partition coefficient (Wildman–Crippen LogP) is 1.35. The zero-order chi connectivity index (χ0) is 14.2. The van der Waals surface area contributed by atoms with Gasteiger partial charge in [0.1, 0.15) is 0 Å². The van der Waals surface area contributed by atoms with Gasteiger partial charge in [-0.25, -0.2) is 0 Å². The summed E-state index contributed by atoms with van der Waals surface area (Å²) in [5, 5.41) is 15.1. The summed E-state index contributed by atoms with van der Waals surface area (Å²) in [5.74, 6) is 0.796. The third kappa shape index (κ3) is 3.85. The number of benzene rings is 1. The first-order chi connectivity index (χ1) is 9.85. The molecule has 2 aromatic rings. The zero-order valence-electron chi connectivity index (χ0n) is 12.0. The van der Waals surface area contributed by atoms with E-state index in [0.717, 1.165) is 30.9 Å². The minimum absolute atomic E-state index is 0.618. The second-order valence-corrected chi connectivity index (χ2v) is 4.59. The van der Waals surface area contributed by atoms with Gasteiger partial charge in [-0.05, 0) is 34.5 Å². The van der Waals surface area contributed by atoms with Gasteiger partial charge in [-0.2, -0.15) is 4.68 Å². The molecule has 0 atom stereocenters. The Balaban J connectivity index is 2.03. The molecule has 1 aromatic carbocycles. The van der Waals surface area contributed by atoms with Crippen LogP contribution in [-0.4, -0.2) is 40.5 Å². The molecule has 0 aliphatic carbocycles. The van der Waals surface area contributed by atoms with Crippen molar-refractivity contribution in [2.75, 3.05) is 20.3 Å². The van der Waals surface area contributed by atoms with Crippen molar-refractivity contribution in [1.29, 1.82) is 0 Å². The molecule has 1 N–H and O–H groups in total. The molecule has 0 bridgehead atoms. The lowest BCUT2D eigenvalue weighted by molar-refractivity contribution is 0.199. The maximum Gasteiger partial charge on any atom is 0.170 e. The van der Waals surface area contributed by atoms with E-state index in [4.69, 9.17) is 4.74 Å². The Bertz CT molecular complexity index is 509. The topological polar surface area (TPSA) is 64.9 Å². The summed E-state index contributed by atoms with van der Waals surface area (Å²) in [4.78, 5) is 0. The van der Waals surface area contributed by atoms with Crippen LogP contribution in [0.25, 0.3) is 5.69 Å². The molecule has 0 saturated carbocycles. The smallest absolute Gasteiger partial charge is 0.170 e. The molecule has 0 aliphatic heterocycles. The number of aromatic nitrogens is 4. The summed E-state index contributed by atoms with van der Waals surface area (Å²) >= 11 is 0. The lowest BCUT2D eigenvalue weighted by atomic mass is 10.1. The maximum atomic E-state index is 4.99. The van der Waals surface area contributed by atoms with Crippen molar-refractivity contribution in [2.24, 2.45) is 0 Å². The largest absolute Gasteiger partial charge is 0.383 e. The van der Waals surface area contributed by atoms with Gasteiger partial charge >= 0.3 is 0 Å². The van der Waals surface area contributed by atoms with E-state index < -0.39 is 0 Å². The van der Waals surface area contributed by atoms with E-state index in [-0.39, 0.29) is 0 Å². The Labute approximate surface area is 119 Å². The first kappa shape index (κ1) is 14.6. The van der Waals surface area contributed by atoms with Crippen molar-refractivity contribution in [1.82, 2.24) is 25.5 Å². The number of ether oxygens (including phenoxy) is 1. The van der Waals surface area contributed by atoms with Crippen LogP contribution in [0.3, 0.4) is 0 Å². The van der Waals surface area contributed by atoms with Gasteiger partial charge in [0.2, 0.25) is 0 Å². The highest BCUT2D eigenvalue weighted by Gasteiger charge is 2.07. The third-order valence-corrected chi connectivity index (χ3v) is 3.02. The molecule has 0 radical (unpaired) electrons. The predicted molar refractivity (Wildman–Crippen MR) is 76.7 cm³/mol. The van der Waals surface area contributed by atoms with Crippen LogP contribution in [0.2, 0.25) is 0 Å². The standard InChI is InChI=1S/C14H21N5O/c1-3-4-12-5-7-13(8-6-12)19-14(16-17-18-19)11-15-9-10-20-2/h5-8,15H,3-4,9-11H2,1-2H3. The summed E-state index contributed by atoms with van der Waals surface area (Å²) in [6.07, 6.45) is 2.25. The number of hydrogen-bond acceptors (Lipinski definition) is 5. The Kier molecular flexibility index (Phi) is 5.64. The monoisotopic (exact) mass is 275 g/mol. The molecule has 1 heterocycles. The molecule has 0 amide bonds. The highest BCUT2D eigenvalue weighted by atomic mass is 16.5. The third-order valence-electron chi connectivity index (χ3n) is 3.02. The number of aryl methyl sites for hydroxylation is 1. The summed E-state index contributed by atoms with van der Waals surface area (Å²) in [6.45, 7) is 4.25. The molecule has 1 aromatic heterocycles. The Hall–Kier alpha value is -1.79. The Morgan fingerprint density at radius 1 is 1.25 bits per heavy atom. The zero-order valence-corrected chi connectivity index (χ0v) is 12.0. The van der Waals surface area contributed by atoms with Crippen molar-refractivity contribution in [3.63, 3.8) is 0 Å². The van der Waals surface area contributed by atoms with Crippen LogP contribution in [0, 0.1) is 0 Å². The van der Waals surface area contributed by atoms with Gasteiger partial charge in [-0.1, -0.05) is 25.5 Å². The summed E-state index contributed by atoms with van der Waals surface area (Å²) in [6, 6.07) is 8.37. The normalized spacial score (nSPS) is 10.9. The molecular weight excluding hydrogens is 254 g/mol. The molecule has 0 unspecified atom stereocenters. The van der Waals surface area contributed by atoms with Crippen molar-refractivity contribution in [3.05, 3.63) is 35.7 Å². The average molecular weight is 275 g/mol. The lowest BCUT2D eigenvalue weighted by Crippen LogP contribution is -2.21. The van der Waals surface area contributed by atoms with E-state index in [1.54, 1.807) is 11.8 Å². The maximum absolute atomic E-state index is 4.99. The number of methoxy groups -OCH3 is 1. The number of hydrogen-bond donors (Lipinski definition) is 1. The molecule has 0 aliphatic rings. The summed E-state index contributed by atoms with van der Waals surface area (Å²) in [7, 11) is 1.68. The minimum Gasteiger partial charge on any atom is -0.383 e. The molecule has 0 fully saturated rings. The van der Waals surface area contributed by atoms with Crippen LogP contribution in [-0.2, 0) is 17.7 Å². The van der Waals surface area contributed by atoms with Crippen LogP contribution >= 0.6 is 0 Å². The highest BCUT2D eigenvalue weighted by Crippen LogP contribution is 2.11. The van der Waals surface area contributed by atoms with Gasteiger partial charge in [-0.3, -0.25) is 0 Å². The lowest BCUT2D eigenvalue weighted by Gasteiger charge is -2.06. The van der Waals surface area contributed by atoms with Gasteiger partial charge in [0.05, 0.1) is 18.8 Å². The number of rotatable bonds is 8. The molecular formula is C14H21N5O. The number of nitrogens with zero attached hydrogens (tertiary/aromatic N) is 4. The molecule has 20 heavy (non-hydrogen) atoms. The quantitative estimate of drug-likeness (QED) is 0.737.